The zero-order valence-corrected chi connectivity index (χ0v) is 19.2. The van der Waals surface area contributed by atoms with E-state index in [-0.39, 0.29) is 25.7 Å². The maximum Gasteiger partial charge on any atom is 3.00 e. The molecule has 1 aliphatic rings. The molecule has 0 saturated carbocycles. The quantitative estimate of drug-likeness (QED) is 0.417. The first-order valence-electron chi connectivity index (χ1n) is 8.95. The van der Waals surface area contributed by atoms with Crippen molar-refractivity contribution in [1.29, 1.82) is 0 Å². The van der Waals surface area contributed by atoms with Crippen molar-refractivity contribution in [1.82, 2.24) is 9.88 Å². The van der Waals surface area contributed by atoms with Gasteiger partial charge in [-0.15, -0.1) is 17.8 Å². The molecule has 1 aromatic heterocycles. The average molecular weight is 584 g/mol. The summed E-state index contributed by atoms with van der Waals surface area (Å²) in [6.45, 7) is 2.01. The van der Waals surface area contributed by atoms with Crippen molar-refractivity contribution in [3.05, 3.63) is 97.6 Å². The smallest absolute Gasteiger partial charge is 0.510 e. The number of anilines is 2. The minimum atomic E-state index is -0.659. The SMILES string of the molecule is CN(C)c1ccnc(-c2[c-]cc(F)cc2F)c1.CN1C=CN(c2[c-]cccc2)[CH-]1.[Ir+3]. The number of para-hydroxylation sites is 1. The van der Waals surface area contributed by atoms with Gasteiger partial charge in [0.25, 0.3) is 0 Å². The molecule has 1 aliphatic heterocycles. The molecule has 0 aliphatic carbocycles. The van der Waals surface area contributed by atoms with E-state index in [0.29, 0.717) is 5.69 Å². The number of pyridine rings is 1. The van der Waals surface area contributed by atoms with Crippen LogP contribution < -0.4 is 9.80 Å². The largest absolute Gasteiger partial charge is 3.00 e. The van der Waals surface area contributed by atoms with E-state index >= 15 is 0 Å². The van der Waals surface area contributed by atoms with Crippen LogP contribution in [0.3, 0.4) is 0 Å². The van der Waals surface area contributed by atoms with Gasteiger partial charge in [0.1, 0.15) is 0 Å². The van der Waals surface area contributed by atoms with Gasteiger partial charge in [-0.2, -0.15) is 37.0 Å². The third-order valence-electron chi connectivity index (χ3n) is 4.11. The Hall–Kier alpha value is -2.76. The molecule has 0 amide bonds. The maximum atomic E-state index is 13.5. The molecule has 30 heavy (non-hydrogen) atoms. The summed E-state index contributed by atoms with van der Waals surface area (Å²) in [4.78, 5) is 9.97. The Balaban J connectivity index is 0.000000218. The summed E-state index contributed by atoms with van der Waals surface area (Å²) in [7, 11) is 5.76. The normalized spacial score (nSPS) is 12.2. The summed E-state index contributed by atoms with van der Waals surface area (Å²) in [5.74, 6) is -1.30. The molecule has 3 aromatic rings. The van der Waals surface area contributed by atoms with E-state index in [9.17, 15) is 8.78 Å². The first-order valence-corrected chi connectivity index (χ1v) is 8.95. The van der Waals surface area contributed by atoms with Crippen molar-refractivity contribution in [3.8, 4) is 11.3 Å². The molecule has 4 rings (SSSR count). The Labute approximate surface area is 189 Å². The van der Waals surface area contributed by atoms with Crippen molar-refractivity contribution in [2.45, 2.75) is 0 Å². The molecular weight excluding hydrogens is 562 g/mol. The van der Waals surface area contributed by atoms with Crippen molar-refractivity contribution >= 4 is 11.4 Å². The van der Waals surface area contributed by atoms with Crippen LogP contribution in [0.1, 0.15) is 0 Å². The molecule has 2 heterocycles. The molecule has 0 unspecified atom stereocenters. The molecular formula is C23H21F2IrN4. The molecule has 0 radical (unpaired) electrons. The molecule has 0 atom stereocenters. The fourth-order valence-corrected chi connectivity index (χ4v) is 2.61. The number of hydrogen-bond donors (Lipinski definition) is 0. The summed E-state index contributed by atoms with van der Waals surface area (Å²) in [6.07, 6.45) is 5.59. The van der Waals surface area contributed by atoms with E-state index in [0.717, 1.165) is 23.5 Å². The number of benzene rings is 2. The maximum absolute atomic E-state index is 13.5. The summed E-state index contributed by atoms with van der Waals surface area (Å²) in [5, 5.41) is 0. The van der Waals surface area contributed by atoms with Gasteiger partial charge in [-0.05, 0) is 31.2 Å². The van der Waals surface area contributed by atoms with Crippen molar-refractivity contribution in [2.75, 3.05) is 30.9 Å². The summed E-state index contributed by atoms with van der Waals surface area (Å²) < 4.78 is 26.3. The molecule has 156 valence electrons. The zero-order valence-electron chi connectivity index (χ0n) is 16.8. The van der Waals surface area contributed by atoms with E-state index in [1.54, 1.807) is 12.3 Å². The van der Waals surface area contributed by atoms with Crippen LogP contribution in [-0.4, -0.2) is 31.0 Å². The molecule has 4 nitrogen and oxygen atoms in total. The van der Waals surface area contributed by atoms with Crippen LogP contribution in [0.2, 0.25) is 0 Å². The minimum absolute atomic E-state index is 0. The van der Waals surface area contributed by atoms with E-state index in [4.69, 9.17) is 0 Å². The molecule has 2 aromatic carbocycles. The van der Waals surface area contributed by atoms with Crippen LogP contribution in [0.4, 0.5) is 20.2 Å². The standard InChI is InChI=1S/C13H11F2N2.C10H10N2.Ir/c1-17(2)10-5-6-16-13(8-10)11-4-3-9(14)7-12(11)15;1-11-7-8-12(9-11)10-5-3-2-4-6-10;/h3,5-8H,1-2H3;2-5,7-9H,1H3;/q-1;-2;+3. The van der Waals surface area contributed by atoms with Crippen LogP contribution in [0, 0.1) is 30.4 Å². The molecule has 0 spiro atoms. The van der Waals surface area contributed by atoms with Crippen molar-refractivity contribution in [2.24, 2.45) is 0 Å². The van der Waals surface area contributed by atoms with Gasteiger partial charge in [-0.25, -0.2) is 0 Å². The topological polar surface area (TPSA) is 22.6 Å². The third-order valence-corrected chi connectivity index (χ3v) is 4.11. The van der Waals surface area contributed by atoms with Gasteiger partial charge in [0.15, 0.2) is 0 Å². The predicted molar refractivity (Wildman–Crippen MR) is 112 cm³/mol. The van der Waals surface area contributed by atoms with Crippen LogP contribution in [0.25, 0.3) is 11.3 Å². The number of halogens is 2. The Morgan fingerprint density at radius 2 is 1.87 bits per heavy atom. The Kier molecular flexibility index (Phi) is 8.51. The molecule has 0 N–H and O–H groups in total. The third kappa shape index (κ3) is 6.12. The molecule has 7 heteroatoms. The molecule has 0 bridgehead atoms. The Morgan fingerprint density at radius 3 is 2.47 bits per heavy atom. The molecule has 0 fully saturated rings. The number of hydrogen-bond acceptors (Lipinski definition) is 4. The first-order chi connectivity index (χ1) is 13.9. The van der Waals surface area contributed by atoms with E-state index < -0.39 is 11.6 Å². The van der Waals surface area contributed by atoms with Gasteiger partial charge in [0, 0.05) is 37.6 Å². The monoisotopic (exact) mass is 584 g/mol. The van der Waals surface area contributed by atoms with Gasteiger partial charge in [-0.3, -0.25) is 8.78 Å². The fraction of sp³-hybridized carbons (Fsp3) is 0.130. The van der Waals surface area contributed by atoms with Crippen molar-refractivity contribution < 1.29 is 28.9 Å². The van der Waals surface area contributed by atoms with Crippen LogP contribution in [-0.2, 0) is 20.1 Å². The summed E-state index contributed by atoms with van der Waals surface area (Å²) in [5.41, 5.74) is 2.58. The van der Waals surface area contributed by atoms with Gasteiger partial charge in [0.2, 0.25) is 0 Å². The Morgan fingerprint density at radius 1 is 1.07 bits per heavy atom. The second kappa shape index (κ2) is 10.9. The number of rotatable bonds is 3. The molecule has 0 saturated heterocycles. The van der Waals surface area contributed by atoms with Crippen LogP contribution in [0.15, 0.2) is 67.1 Å². The van der Waals surface area contributed by atoms with Crippen molar-refractivity contribution in [3.63, 3.8) is 0 Å². The zero-order chi connectivity index (χ0) is 20.8. The number of nitrogens with zero attached hydrogens (tertiary/aromatic N) is 4. The predicted octanol–water partition coefficient (Wildman–Crippen LogP) is 4.72. The first kappa shape index (κ1) is 23.5. The number of aromatic nitrogens is 1. The summed E-state index contributed by atoms with van der Waals surface area (Å²) in [6, 6.07) is 19.1. The van der Waals surface area contributed by atoms with E-state index in [1.807, 2.05) is 85.2 Å². The van der Waals surface area contributed by atoms with Crippen LogP contribution in [0.5, 0.6) is 0 Å². The minimum Gasteiger partial charge on any atom is -0.510 e. The van der Waals surface area contributed by atoms with E-state index in [2.05, 4.69) is 17.1 Å². The Bertz CT molecular complexity index is 980. The fourth-order valence-electron chi connectivity index (χ4n) is 2.61. The van der Waals surface area contributed by atoms with E-state index in [1.165, 1.54) is 0 Å². The average Bonchev–Trinajstić information content (AvgIpc) is 3.16. The van der Waals surface area contributed by atoms with Gasteiger partial charge in [-0.1, -0.05) is 17.7 Å². The summed E-state index contributed by atoms with van der Waals surface area (Å²) >= 11 is 0. The second-order valence-corrected chi connectivity index (χ2v) is 6.57. The van der Waals surface area contributed by atoms with Gasteiger partial charge < -0.3 is 19.7 Å². The van der Waals surface area contributed by atoms with Gasteiger partial charge in [0.05, 0.1) is 0 Å². The van der Waals surface area contributed by atoms with Crippen LogP contribution >= 0.6 is 0 Å². The van der Waals surface area contributed by atoms with Gasteiger partial charge >= 0.3 is 20.1 Å². The second-order valence-electron chi connectivity index (χ2n) is 6.57.